The Labute approximate surface area is 139 Å². The summed E-state index contributed by atoms with van der Waals surface area (Å²) in [7, 11) is 0. The second-order valence-electron chi connectivity index (χ2n) is 9.16. The lowest BCUT2D eigenvalue weighted by atomic mass is 9.50. The van der Waals surface area contributed by atoms with Gasteiger partial charge in [0.15, 0.2) is 5.79 Å². The highest BCUT2D eigenvalue weighted by Gasteiger charge is 2.65. The summed E-state index contributed by atoms with van der Waals surface area (Å²) >= 11 is 0. The molecule has 5 rings (SSSR count). The van der Waals surface area contributed by atoms with Crippen LogP contribution in [-0.2, 0) is 14.3 Å². The number of hydrogen-bond donors (Lipinski definition) is 0. The fraction of sp³-hybridized carbons (Fsp3) is 0.950. The first-order chi connectivity index (χ1) is 11.1. The van der Waals surface area contributed by atoms with Gasteiger partial charge in [-0.25, -0.2) is 0 Å². The monoisotopic (exact) mass is 318 g/mol. The first kappa shape index (κ1) is 14.9. The lowest BCUT2D eigenvalue weighted by molar-refractivity contribution is -0.243. The van der Waals surface area contributed by atoms with Gasteiger partial charge in [-0.05, 0) is 68.1 Å². The summed E-state index contributed by atoms with van der Waals surface area (Å²) in [5.41, 5.74) is 0.224. The van der Waals surface area contributed by atoms with Crippen LogP contribution >= 0.6 is 0 Å². The molecular weight excluding hydrogens is 288 g/mol. The van der Waals surface area contributed by atoms with E-state index in [2.05, 4.69) is 6.92 Å². The Kier molecular flexibility index (Phi) is 3.27. The molecule has 0 N–H and O–H groups in total. The van der Waals surface area contributed by atoms with Crippen molar-refractivity contribution in [2.45, 2.75) is 70.5 Å². The molecule has 5 aliphatic rings. The molecule has 4 aliphatic carbocycles. The van der Waals surface area contributed by atoms with Gasteiger partial charge in [-0.15, -0.1) is 0 Å². The van der Waals surface area contributed by atoms with E-state index in [0.717, 1.165) is 56.1 Å². The molecule has 0 amide bonds. The van der Waals surface area contributed by atoms with Crippen molar-refractivity contribution >= 4 is 5.78 Å². The molecule has 0 aromatic rings. The van der Waals surface area contributed by atoms with Crippen LogP contribution in [0.3, 0.4) is 0 Å². The first-order valence-corrected chi connectivity index (χ1v) is 9.93. The molecular formula is C20H30O3. The van der Waals surface area contributed by atoms with Crippen LogP contribution in [0.15, 0.2) is 0 Å². The topological polar surface area (TPSA) is 35.5 Å². The van der Waals surface area contributed by atoms with Crippen molar-refractivity contribution in [1.82, 2.24) is 0 Å². The Morgan fingerprint density at radius 1 is 0.913 bits per heavy atom. The summed E-state index contributed by atoms with van der Waals surface area (Å²) < 4.78 is 12.4. The van der Waals surface area contributed by atoms with E-state index in [1.54, 1.807) is 0 Å². The maximum Gasteiger partial charge on any atom is 0.174 e. The van der Waals surface area contributed by atoms with Crippen LogP contribution in [-0.4, -0.2) is 24.8 Å². The summed E-state index contributed by atoms with van der Waals surface area (Å²) in [6, 6.07) is 0. The molecule has 1 aliphatic heterocycles. The van der Waals surface area contributed by atoms with Gasteiger partial charge in [0, 0.05) is 24.7 Å². The number of carbonyl (C=O) groups excluding carboxylic acids is 1. The molecule has 1 spiro atoms. The molecule has 0 aromatic heterocycles. The Balaban J connectivity index is 1.42. The fourth-order valence-electron chi connectivity index (χ4n) is 7.54. The third-order valence-corrected chi connectivity index (χ3v) is 8.56. The molecule has 6 atom stereocenters. The largest absolute Gasteiger partial charge is 0.347 e. The number of ether oxygens (including phenoxy) is 2. The summed E-state index contributed by atoms with van der Waals surface area (Å²) in [6.45, 7) is 4.02. The maximum atomic E-state index is 11.8. The first-order valence-electron chi connectivity index (χ1n) is 9.93. The average molecular weight is 318 g/mol. The molecule has 4 saturated carbocycles. The molecule has 3 nitrogen and oxygen atoms in total. The Morgan fingerprint density at radius 2 is 1.74 bits per heavy atom. The molecule has 3 heteroatoms. The lowest BCUT2D eigenvalue weighted by Crippen LogP contribution is -2.54. The van der Waals surface area contributed by atoms with Gasteiger partial charge in [-0.1, -0.05) is 6.92 Å². The van der Waals surface area contributed by atoms with Gasteiger partial charge in [0.2, 0.25) is 0 Å². The highest BCUT2D eigenvalue weighted by atomic mass is 16.7. The third kappa shape index (κ3) is 1.93. The molecule has 0 unspecified atom stereocenters. The average Bonchev–Trinajstić information content (AvgIpc) is 3.14. The zero-order chi connectivity index (χ0) is 15.7. The minimum atomic E-state index is -0.262. The number of rotatable bonds is 0. The van der Waals surface area contributed by atoms with Crippen LogP contribution in [0.5, 0.6) is 0 Å². The smallest absolute Gasteiger partial charge is 0.174 e. The van der Waals surface area contributed by atoms with Crippen LogP contribution in [0.4, 0.5) is 0 Å². The van der Waals surface area contributed by atoms with Gasteiger partial charge in [-0.2, -0.15) is 0 Å². The molecule has 0 radical (unpaired) electrons. The highest BCUT2D eigenvalue weighted by molar-refractivity contribution is 5.79. The van der Waals surface area contributed by atoms with Gasteiger partial charge < -0.3 is 9.47 Å². The number of ketones is 1. The zero-order valence-corrected chi connectivity index (χ0v) is 14.4. The molecule has 1 heterocycles. The molecule has 0 bridgehead atoms. The summed E-state index contributed by atoms with van der Waals surface area (Å²) in [5, 5.41) is 0. The summed E-state index contributed by atoms with van der Waals surface area (Å²) in [4.78, 5) is 11.8. The van der Waals surface area contributed by atoms with Crippen LogP contribution in [0.1, 0.15) is 64.7 Å². The van der Waals surface area contributed by atoms with Crippen molar-refractivity contribution in [3.8, 4) is 0 Å². The van der Waals surface area contributed by atoms with Gasteiger partial charge in [0.1, 0.15) is 5.78 Å². The van der Waals surface area contributed by atoms with E-state index in [0.29, 0.717) is 11.7 Å². The molecule has 0 aromatic carbocycles. The van der Waals surface area contributed by atoms with Crippen molar-refractivity contribution in [3.63, 3.8) is 0 Å². The molecule has 5 fully saturated rings. The van der Waals surface area contributed by atoms with Crippen LogP contribution in [0.2, 0.25) is 0 Å². The maximum absolute atomic E-state index is 11.8. The number of carbonyl (C=O) groups is 1. The van der Waals surface area contributed by atoms with Gasteiger partial charge in [-0.3, -0.25) is 4.79 Å². The zero-order valence-electron chi connectivity index (χ0n) is 14.4. The van der Waals surface area contributed by atoms with Gasteiger partial charge >= 0.3 is 0 Å². The highest BCUT2D eigenvalue weighted by Crippen LogP contribution is 2.66. The number of hydrogen-bond acceptors (Lipinski definition) is 3. The van der Waals surface area contributed by atoms with E-state index in [4.69, 9.17) is 9.47 Å². The van der Waals surface area contributed by atoms with E-state index < -0.39 is 0 Å². The van der Waals surface area contributed by atoms with Gasteiger partial charge in [0.05, 0.1) is 13.2 Å². The van der Waals surface area contributed by atoms with Crippen LogP contribution in [0.25, 0.3) is 0 Å². The van der Waals surface area contributed by atoms with E-state index >= 15 is 0 Å². The van der Waals surface area contributed by atoms with Crippen molar-refractivity contribution in [3.05, 3.63) is 0 Å². The molecule has 1 saturated heterocycles. The van der Waals surface area contributed by atoms with Gasteiger partial charge in [0.25, 0.3) is 0 Å². The third-order valence-electron chi connectivity index (χ3n) is 8.56. The quantitative estimate of drug-likeness (QED) is 0.678. The lowest BCUT2D eigenvalue weighted by Gasteiger charge is -2.56. The Bertz CT molecular complexity index is 509. The predicted molar refractivity (Wildman–Crippen MR) is 86.8 cm³/mol. The standard InChI is InChI=1S/C20H30O3/c1-19-8-6-16-15-5-3-14(21)12-13(15)2-4-17(16)18(19)7-9-20(19)22-10-11-23-20/h13,15-18H,2-12H2,1H3/t13-,15-,16+,17+,18+,19-/m0/s1. The van der Waals surface area contributed by atoms with Crippen molar-refractivity contribution in [2.75, 3.05) is 13.2 Å². The van der Waals surface area contributed by atoms with Crippen LogP contribution in [0, 0.1) is 35.0 Å². The van der Waals surface area contributed by atoms with Crippen molar-refractivity contribution in [2.24, 2.45) is 35.0 Å². The van der Waals surface area contributed by atoms with Crippen LogP contribution < -0.4 is 0 Å². The number of fused-ring (bicyclic) bond motifs is 6. The minimum absolute atomic E-state index is 0.224. The second-order valence-corrected chi connectivity index (χ2v) is 9.16. The SMILES string of the molecule is C[C@]12CC[C@H]3[C@@H](CC[C@H]4CC(=O)CC[C@@H]43)[C@H]1CCC21OCCO1. The Morgan fingerprint density at radius 3 is 2.57 bits per heavy atom. The molecule has 23 heavy (non-hydrogen) atoms. The summed E-state index contributed by atoms with van der Waals surface area (Å²) in [6.07, 6.45) is 10.5. The van der Waals surface area contributed by atoms with E-state index in [9.17, 15) is 4.79 Å². The molecule has 128 valence electrons. The minimum Gasteiger partial charge on any atom is -0.347 e. The van der Waals surface area contributed by atoms with E-state index in [-0.39, 0.29) is 11.2 Å². The predicted octanol–water partition coefficient (Wildman–Crippen LogP) is 3.95. The van der Waals surface area contributed by atoms with E-state index in [1.807, 2.05) is 0 Å². The fourth-order valence-corrected chi connectivity index (χ4v) is 7.54. The van der Waals surface area contributed by atoms with Crippen molar-refractivity contribution < 1.29 is 14.3 Å². The summed E-state index contributed by atoms with van der Waals surface area (Å²) in [5.74, 6) is 4.30. The second kappa shape index (κ2) is 5.05. The van der Waals surface area contributed by atoms with E-state index in [1.165, 1.54) is 38.5 Å². The number of Topliss-reactive ketones (excluding diaryl/α,β-unsaturated/α-hetero) is 1. The Hall–Kier alpha value is -0.410. The normalized spacial score (nSPS) is 51.3. The van der Waals surface area contributed by atoms with Crippen molar-refractivity contribution in [1.29, 1.82) is 0 Å².